The van der Waals surface area contributed by atoms with Crippen molar-refractivity contribution in [3.8, 4) is 0 Å². The van der Waals surface area contributed by atoms with E-state index in [1.807, 2.05) is 48.5 Å². The first-order valence-corrected chi connectivity index (χ1v) is 13.8. The molecule has 0 spiro atoms. The number of imide groups is 1. The zero-order valence-electron chi connectivity index (χ0n) is 22.0. The van der Waals surface area contributed by atoms with E-state index >= 15 is 0 Å². The van der Waals surface area contributed by atoms with Crippen LogP contribution in [-0.2, 0) is 11.2 Å². The summed E-state index contributed by atoms with van der Waals surface area (Å²) < 4.78 is 0. The molecule has 198 valence electrons. The minimum Gasteiger partial charge on any atom is -0.356 e. The highest BCUT2D eigenvalue weighted by Crippen LogP contribution is 2.45. The van der Waals surface area contributed by atoms with Gasteiger partial charge in [-0.25, -0.2) is 9.69 Å². The van der Waals surface area contributed by atoms with Gasteiger partial charge in [-0.15, -0.1) is 0 Å². The lowest BCUT2D eigenvalue weighted by molar-refractivity contribution is -0.120. The van der Waals surface area contributed by atoms with Gasteiger partial charge in [0.15, 0.2) is 0 Å². The number of rotatable bonds is 8. The molecule has 4 amide bonds. The van der Waals surface area contributed by atoms with Gasteiger partial charge in [-0.2, -0.15) is 0 Å². The Hall–Kier alpha value is -4.39. The number of benzene rings is 3. The molecule has 1 aromatic heterocycles. The number of para-hydroxylation sites is 2. The lowest BCUT2D eigenvalue weighted by Gasteiger charge is -2.36. The molecule has 0 saturated carbocycles. The normalized spacial score (nSPS) is 18.4. The van der Waals surface area contributed by atoms with Crippen molar-refractivity contribution in [2.75, 3.05) is 11.4 Å². The third-order valence-corrected chi connectivity index (χ3v) is 7.87. The van der Waals surface area contributed by atoms with Crippen molar-refractivity contribution in [1.29, 1.82) is 0 Å². The largest absolute Gasteiger partial charge is 0.356 e. The van der Waals surface area contributed by atoms with Crippen molar-refractivity contribution in [3.63, 3.8) is 0 Å². The van der Waals surface area contributed by atoms with E-state index < -0.39 is 18.1 Å². The molecule has 2 aliphatic heterocycles. The number of aromatic nitrogens is 1. The number of urea groups is 1. The van der Waals surface area contributed by atoms with E-state index in [1.165, 1.54) is 4.90 Å². The molecule has 0 bridgehead atoms. The maximum absolute atomic E-state index is 14.2. The highest BCUT2D eigenvalue weighted by atomic mass is 16.2. The standard InChI is InChI=1S/C32H32N4O3/c1-2-3-4-12-19-33-30(37)23-16-9-11-18-26(23)36-31(38)27-20-24-22-15-8-10-17-25(22)34-28(24)29(35(27)32(36)39)21-13-6-5-7-14-21/h5-11,13-18,27,29,34H,2-4,12,19-20H2,1H3,(H,33,37)/t27-,29?/m0/s1. The molecule has 2 atom stereocenters. The van der Waals surface area contributed by atoms with E-state index in [4.69, 9.17) is 0 Å². The number of nitrogens with zero attached hydrogens (tertiary/aromatic N) is 2. The van der Waals surface area contributed by atoms with E-state index in [9.17, 15) is 14.4 Å². The summed E-state index contributed by atoms with van der Waals surface area (Å²) in [5.41, 5.74) is 4.56. The van der Waals surface area contributed by atoms with E-state index in [0.29, 0.717) is 24.2 Å². The number of fused-ring (bicyclic) bond motifs is 4. The number of aromatic amines is 1. The number of H-pyrrole nitrogens is 1. The first-order chi connectivity index (χ1) is 19.1. The molecule has 7 heteroatoms. The molecule has 3 aromatic carbocycles. The quantitative estimate of drug-likeness (QED) is 0.222. The third-order valence-electron chi connectivity index (χ3n) is 7.87. The van der Waals surface area contributed by atoms with Gasteiger partial charge >= 0.3 is 6.03 Å². The van der Waals surface area contributed by atoms with Gasteiger partial charge in [-0.05, 0) is 35.7 Å². The molecule has 7 nitrogen and oxygen atoms in total. The molecule has 0 aliphatic carbocycles. The summed E-state index contributed by atoms with van der Waals surface area (Å²) in [5, 5.41) is 4.04. The number of anilines is 1. The van der Waals surface area contributed by atoms with Gasteiger partial charge in [0, 0.05) is 29.6 Å². The number of carbonyl (C=O) groups excluding carboxylic acids is 3. The molecule has 3 heterocycles. The molecule has 1 fully saturated rings. The van der Waals surface area contributed by atoms with Crippen molar-refractivity contribution < 1.29 is 14.4 Å². The Balaban J connectivity index is 1.38. The summed E-state index contributed by atoms with van der Waals surface area (Å²) in [5.74, 6) is -0.580. The first kappa shape index (κ1) is 24.9. The Morgan fingerprint density at radius 1 is 0.923 bits per heavy atom. The maximum Gasteiger partial charge on any atom is 0.332 e. The topological polar surface area (TPSA) is 85.5 Å². The van der Waals surface area contributed by atoms with Crippen LogP contribution < -0.4 is 10.2 Å². The predicted molar refractivity (Wildman–Crippen MR) is 152 cm³/mol. The van der Waals surface area contributed by atoms with Gasteiger partial charge in [0.2, 0.25) is 0 Å². The molecule has 2 N–H and O–H groups in total. The molecule has 39 heavy (non-hydrogen) atoms. The smallest absolute Gasteiger partial charge is 0.332 e. The highest BCUT2D eigenvalue weighted by molar-refractivity contribution is 6.24. The minimum atomic E-state index is -0.667. The van der Waals surface area contributed by atoms with Crippen LogP contribution in [0.3, 0.4) is 0 Å². The monoisotopic (exact) mass is 520 g/mol. The number of amides is 4. The maximum atomic E-state index is 14.2. The number of hydrogen-bond acceptors (Lipinski definition) is 3. The Labute approximate surface area is 227 Å². The van der Waals surface area contributed by atoms with Gasteiger partial charge in [0.25, 0.3) is 11.8 Å². The van der Waals surface area contributed by atoms with Crippen molar-refractivity contribution in [1.82, 2.24) is 15.2 Å². The molecule has 0 radical (unpaired) electrons. The summed E-state index contributed by atoms with van der Waals surface area (Å²) in [6.07, 6.45) is 4.60. The summed E-state index contributed by atoms with van der Waals surface area (Å²) in [4.78, 5) is 47.8. The molecular formula is C32H32N4O3. The van der Waals surface area contributed by atoms with E-state index in [0.717, 1.165) is 53.4 Å². The van der Waals surface area contributed by atoms with Crippen LogP contribution in [0.4, 0.5) is 10.5 Å². The molecule has 2 aliphatic rings. The lowest BCUT2D eigenvalue weighted by atomic mass is 9.89. The second-order valence-electron chi connectivity index (χ2n) is 10.3. The Bertz CT molecular complexity index is 1540. The summed E-state index contributed by atoms with van der Waals surface area (Å²) >= 11 is 0. The lowest BCUT2D eigenvalue weighted by Crippen LogP contribution is -2.44. The van der Waals surface area contributed by atoms with Crippen LogP contribution in [0.25, 0.3) is 10.9 Å². The average molecular weight is 521 g/mol. The summed E-state index contributed by atoms with van der Waals surface area (Å²) in [6, 6.07) is 23.2. The highest BCUT2D eigenvalue weighted by Gasteiger charge is 2.53. The fourth-order valence-electron chi connectivity index (χ4n) is 5.99. The molecule has 4 aromatic rings. The van der Waals surface area contributed by atoms with E-state index in [2.05, 4.69) is 23.3 Å². The van der Waals surface area contributed by atoms with Crippen LogP contribution in [0.1, 0.15) is 65.8 Å². The molecule has 1 saturated heterocycles. The molecule has 6 rings (SSSR count). The van der Waals surface area contributed by atoms with Crippen molar-refractivity contribution in [2.45, 2.75) is 51.1 Å². The van der Waals surface area contributed by atoms with Crippen molar-refractivity contribution >= 4 is 34.4 Å². The van der Waals surface area contributed by atoms with Crippen LogP contribution in [0.5, 0.6) is 0 Å². The van der Waals surface area contributed by atoms with Gasteiger partial charge in [0.05, 0.1) is 11.3 Å². The number of hydrogen-bond donors (Lipinski definition) is 2. The van der Waals surface area contributed by atoms with Crippen LogP contribution in [-0.4, -0.2) is 40.3 Å². The van der Waals surface area contributed by atoms with Gasteiger partial charge in [-0.3, -0.25) is 14.5 Å². The summed E-state index contributed by atoms with van der Waals surface area (Å²) in [7, 11) is 0. The fraction of sp³-hybridized carbons (Fsp3) is 0.281. The van der Waals surface area contributed by atoms with Crippen LogP contribution in [0.2, 0.25) is 0 Å². The predicted octanol–water partition coefficient (Wildman–Crippen LogP) is 5.96. The second kappa shape index (κ2) is 10.4. The van der Waals surface area contributed by atoms with Gasteiger partial charge < -0.3 is 10.3 Å². The zero-order valence-corrected chi connectivity index (χ0v) is 22.0. The first-order valence-electron chi connectivity index (χ1n) is 13.8. The number of carbonyl (C=O) groups is 3. The fourth-order valence-corrected chi connectivity index (χ4v) is 5.99. The zero-order chi connectivity index (χ0) is 26.9. The Morgan fingerprint density at radius 3 is 2.49 bits per heavy atom. The molecular weight excluding hydrogens is 488 g/mol. The third kappa shape index (κ3) is 4.28. The van der Waals surface area contributed by atoms with Gasteiger partial charge in [0.1, 0.15) is 12.1 Å². The van der Waals surface area contributed by atoms with E-state index in [1.54, 1.807) is 29.2 Å². The Kier molecular flexibility index (Phi) is 6.65. The summed E-state index contributed by atoms with van der Waals surface area (Å²) in [6.45, 7) is 2.70. The van der Waals surface area contributed by atoms with Crippen molar-refractivity contribution in [2.24, 2.45) is 0 Å². The molecule has 1 unspecified atom stereocenters. The van der Waals surface area contributed by atoms with Crippen LogP contribution in [0.15, 0.2) is 78.9 Å². The van der Waals surface area contributed by atoms with Crippen LogP contribution in [0, 0.1) is 0 Å². The van der Waals surface area contributed by atoms with Gasteiger partial charge in [-0.1, -0.05) is 86.8 Å². The second-order valence-corrected chi connectivity index (χ2v) is 10.3. The van der Waals surface area contributed by atoms with Crippen LogP contribution >= 0.6 is 0 Å². The average Bonchev–Trinajstić information content (AvgIpc) is 3.46. The SMILES string of the molecule is CCCCCCNC(=O)c1ccccc1N1C(=O)[C@@H]2Cc3c([nH]c4ccccc34)C(c3ccccc3)N2C1=O. The van der Waals surface area contributed by atoms with Crippen molar-refractivity contribution in [3.05, 3.63) is 101 Å². The van der Waals surface area contributed by atoms with E-state index in [-0.39, 0.29) is 11.8 Å². The number of unbranched alkanes of at least 4 members (excludes halogenated alkanes) is 3. The number of nitrogens with one attached hydrogen (secondary N) is 2. The Morgan fingerprint density at radius 2 is 1.67 bits per heavy atom. The minimum absolute atomic E-state index is 0.275.